The molecule has 0 fully saturated rings. The number of hydrogen-bond acceptors (Lipinski definition) is 3. The highest BCUT2D eigenvalue weighted by atomic mass is 79.9. The van der Waals surface area contributed by atoms with Crippen molar-refractivity contribution >= 4 is 50.3 Å². The number of carbonyl (C=O) groups is 2. The minimum absolute atomic E-state index is 0.0170. The Hall–Kier alpha value is -3.16. The van der Waals surface area contributed by atoms with Crippen LogP contribution in [0.25, 0.3) is 11.0 Å². The highest BCUT2D eigenvalue weighted by Gasteiger charge is 2.18. The number of aromatic nitrogens is 2. The fourth-order valence-corrected chi connectivity index (χ4v) is 4.29. The number of carbonyl (C=O) groups excluding carboxylic acids is 2. The van der Waals surface area contributed by atoms with Crippen LogP contribution in [0.2, 0.25) is 5.02 Å². The lowest BCUT2D eigenvalue weighted by Gasteiger charge is -2.18. The predicted molar refractivity (Wildman–Crippen MR) is 133 cm³/mol. The molecule has 1 N–H and O–H groups in total. The van der Waals surface area contributed by atoms with Crippen molar-refractivity contribution in [3.63, 3.8) is 0 Å². The van der Waals surface area contributed by atoms with Gasteiger partial charge in [-0.3, -0.25) is 15.0 Å². The van der Waals surface area contributed by atoms with Crippen LogP contribution in [0.5, 0.6) is 0 Å². The number of nitrogens with one attached hydrogen (secondary N) is 1. The van der Waals surface area contributed by atoms with Crippen LogP contribution in [0.1, 0.15) is 20.7 Å². The van der Waals surface area contributed by atoms with Crippen LogP contribution in [-0.4, -0.2) is 39.3 Å². The molecule has 0 radical (unpaired) electrons. The van der Waals surface area contributed by atoms with Gasteiger partial charge in [-0.1, -0.05) is 63.9 Å². The Bertz CT molecular complexity index is 1380. The Kier molecular flexibility index (Phi) is 6.81. The van der Waals surface area contributed by atoms with Crippen molar-refractivity contribution in [3.8, 4) is 0 Å². The van der Waals surface area contributed by atoms with Gasteiger partial charge in [-0.2, -0.15) is 0 Å². The molecule has 3 aromatic carbocycles. The lowest BCUT2D eigenvalue weighted by Crippen LogP contribution is -2.34. The van der Waals surface area contributed by atoms with E-state index in [0.717, 1.165) is 4.47 Å². The van der Waals surface area contributed by atoms with Crippen molar-refractivity contribution in [1.82, 2.24) is 14.0 Å². The molecule has 1 heterocycles. The Morgan fingerprint density at radius 1 is 0.939 bits per heavy atom. The number of hydrogen-bond donors (Lipinski definition) is 1. The molecule has 4 aromatic rings. The molecule has 0 unspecified atom stereocenters. The van der Waals surface area contributed by atoms with Gasteiger partial charge in [-0.15, -0.1) is 0 Å². The molecule has 0 saturated heterocycles. The topological polar surface area (TPSA) is 71.1 Å². The molecule has 8 heteroatoms. The molecule has 33 heavy (non-hydrogen) atoms. The molecule has 4 rings (SSSR count). The first-order chi connectivity index (χ1) is 15.9. The molecule has 6 nitrogen and oxygen atoms in total. The number of Topliss-reactive ketones (excluding diaryl/α,β-unsaturated/α-hetero) is 1. The zero-order valence-corrected chi connectivity index (χ0v) is 20.3. The van der Waals surface area contributed by atoms with Crippen LogP contribution in [-0.2, 0) is 13.1 Å². The Labute approximate surface area is 204 Å². The van der Waals surface area contributed by atoms with E-state index in [2.05, 4.69) is 15.9 Å². The van der Waals surface area contributed by atoms with Crippen LogP contribution >= 0.6 is 27.5 Å². The number of amides is 1. The summed E-state index contributed by atoms with van der Waals surface area (Å²) in [5.41, 5.74) is 2.71. The SMILES string of the molecule is CN(CCn1c(=N)n(CC(=O)c2ccc(Br)cc2)c2cccc(Cl)c21)C(=O)c1ccccc1. The molecule has 0 aliphatic carbocycles. The molecule has 0 aliphatic heterocycles. The molecule has 0 atom stereocenters. The van der Waals surface area contributed by atoms with Crippen molar-refractivity contribution in [2.24, 2.45) is 0 Å². The van der Waals surface area contributed by atoms with E-state index in [1.807, 2.05) is 36.4 Å². The number of para-hydroxylation sites is 1. The van der Waals surface area contributed by atoms with Gasteiger partial charge in [0, 0.05) is 35.7 Å². The number of nitrogens with zero attached hydrogens (tertiary/aromatic N) is 3. The quantitative estimate of drug-likeness (QED) is 0.345. The Morgan fingerprint density at radius 3 is 2.33 bits per heavy atom. The number of benzene rings is 3. The summed E-state index contributed by atoms with van der Waals surface area (Å²) in [6.07, 6.45) is 0. The van der Waals surface area contributed by atoms with Crippen molar-refractivity contribution in [3.05, 3.63) is 99.0 Å². The summed E-state index contributed by atoms with van der Waals surface area (Å²) in [7, 11) is 1.73. The lowest BCUT2D eigenvalue weighted by molar-refractivity contribution is 0.0790. The number of likely N-dealkylation sites (N-methyl/N-ethyl adjacent to an activating group) is 1. The Balaban J connectivity index is 1.63. The predicted octanol–water partition coefficient (Wildman–Crippen LogP) is 4.99. The first kappa shape index (κ1) is 23.0. The summed E-state index contributed by atoms with van der Waals surface area (Å²) in [4.78, 5) is 27.2. The summed E-state index contributed by atoms with van der Waals surface area (Å²) in [5, 5.41) is 9.27. The molecular weight excluding hydrogens is 504 g/mol. The summed E-state index contributed by atoms with van der Waals surface area (Å²) in [6, 6.07) is 21.6. The second kappa shape index (κ2) is 9.77. The van der Waals surface area contributed by atoms with E-state index in [1.165, 1.54) is 0 Å². The average molecular weight is 526 g/mol. The maximum absolute atomic E-state index is 12.9. The normalized spacial score (nSPS) is 11.0. The van der Waals surface area contributed by atoms with Crippen molar-refractivity contribution in [1.29, 1.82) is 5.41 Å². The maximum Gasteiger partial charge on any atom is 0.253 e. The van der Waals surface area contributed by atoms with Gasteiger partial charge >= 0.3 is 0 Å². The van der Waals surface area contributed by atoms with E-state index in [0.29, 0.717) is 40.3 Å². The first-order valence-electron chi connectivity index (χ1n) is 10.4. The number of imidazole rings is 1. The van der Waals surface area contributed by atoms with Crippen LogP contribution < -0.4 is 5.62 Å². The first-order valence-corrected chi connectivity index (χ1v) is 11.6. The summed E-state index contributed by atoms with van der Waals surface area (Å²) >= 11 is 9.88. The minimum atomic E-state index is -0.101. The summed E-state index contributed by atoms with van der Waals surface area (Å²) in [6.45, 7) is 0.770. The van der Waals surface area contributed by atoms with Gasteiger partial charge in [-0.25, -0.2) is 0 Å². The molecular formula is C25H22BrClN4O2. The zero-order chi connectivity index (χ0) is 23.5. The third-order valence-electron chi connectivity index (χ3n) is 5.53. The summed E-state index contributed by atoms with van der Waals surface area (Å²) < 4.78 is 4.30. The van der Waals surface area contributed by atoms with Crippen LogP contribution in [0, 0.1) is 5.41 Å². The monoisotopic (exact) mass is 524 g/mol. The largest absolute Gasteiger partial charge is 0.340 e. The fourth-order valence-electron chi connectivity index (χ4n) is 3.76. The molecule has 0 saturated carbocycles. The van der Waals surface area contributed by atoms with E-state index >= 15 is 0 Å². The second-order valence-corrected chi connectivity index (χ2v) is 9.01. The smallest absolute Gasteiger partial charge is 0.253 e. The fraction of sp³-hybridized carbons (Fsp3) is 0.160. The van der Waals surface area contributed by atoms with Crippen LogP contribution in [0.3, 0.4) is 0 Å². The minimum Gasteiger partial charge on any atom is -0.340 e. The van der Waals surface area contributed by atoms with Gasteiger partial charge in [-0.05, 0) is 36.4 Å². The van der Waals surface area contributed by atoms with E-state index in [-0.39, 0.29) is 23.9 Å². The number of halogens is 2. The number of fused-ring (bicyclic) bond motifs is 1. The van der Waals surface area contributed by atoms with Crippen molar-refractivity contribution < 1.29 is 9.59 Å². The van der Waals surface area contributed by atoms with Gasteiger partial charge in [0.25, 0.3) is 5.91 Å². The third kappa shape index (κ3) is 4.79. The second-order valence-electron chi connectivity index (χ2n) is 7.69. The van der Waals surface area contributed by atoms with Gasteiger partial charge in [0.1, 0.15) is 0 Å². The van der Waals surface area contributed by atoms with Gasteiger partial charge < -0.3 is 14.0 Å². The molecule has 0 spiro atoms. The highest BCUT2D eigenvalue weighted by Crippen LogP contribution is 2.23. The number of rotatable bonds is 7. The lowest BCUT2D eigenvalue weighted by atomic mass is 10.1. The third-order valence-corrected chi connectivity index (χ3v) is 6.37. The highest BCUT2D eigenvalue weighted by molar-refractivity contribution is 9.10. The van der Waals surface area contributed by atoms with Gasteiger partial charge in [0.05, 0.1) is 22.6 Å². The summed E-state index contributed by atoms with van der Waals surface area (Å²) in [5.74, 6) is -0.195. The van der Waals surface area contributed by atoms with Crippen molar-refractivity contribution in [2.75, 3.05) is 13.6 Å². The molecule has 0 aliphatic rings. The molecule has 0 bridgehead atoms. The zero-order valence-electron chi connectivity index (χ0n) is 18.0. The Morgan fingerprint density at radius 2 is 1.64 bits per heavy atom. The van der Waals surface area contributed by atoms with Gasteiger partial charge in [0.15, 0.2) is 5.78 Å². The van der Waals surface area contributed by atoms with E-state index < -0.39 is 0 Å². The van der Waals surface area contributed by atoms with E-state index in [4.69, 9.17) is 17.0 Å². The number of ketones is 1. The van der Waals surface area contributed by atoms with E-state index in [9.17, 15) is 9.59 Å². The molecule has 1 amide bonds. The van der Waals surface area contributed by atoms with Crippen LogP contribution in [0.15, 0.2) is 77.3 Å². The average Bonchev–Trinajstić information content (AvgIpc) is 3.09. The van der Waals surface area contributed by atoms with Crippen molar-refractivity contribution in [2.45, 2.75) is 13.1 Å². The van der Waals surface area contributed by atoms with Gasteiger partial charge in [0.2, 0.25) is 5.62 Å². The van der Waals surface area contributed by atoms with E-state index in [1.54, 1.807) is 57.5 Å². The molecule has 1 aromatic heterocycles. The standard InChI is InChI=1S/C25H22BrClN4O2/c1-29(24(33)18-6-3-2-4-7-18)14-15-30-23-20(27)8-5-9-21(23)31(25(30)28)16-22(32)17-10-12-19(26)13-11-17/h2-13,28H,14-16H2,1H3. The maximum atomic E-state index is 12.9. The molecule has 168 valence electrons. The van der Waals surface area contributed by atoms with Crippen LogP contribution in [0.4, 0.5) is 0 Å².